The second kappa shape index (κ2) is 5.82. The van der Waals surface area contributed by atoms with Crippen LogP contribution in [0.3, 0.4) is 0 Å². The van der Waals surface area contributed by atoms with Crippen LogP contribution in [0.5, 0.6) is 0 Å². The summed E-state index contributed by atoms with van der Waals surface area (Å²) in [6, 6.07) is 32.4. The van der Waals surface area contributed by atoms with Crippen LogP contribution in [-0.4, -0.2) is 0 Å². The van der Waals surface area contributed by atoms with Crippen molar-refractivity contribution in [2.45, 2.75) is 0 Å². The summed E-state index contributed by atoms with van der Waals surface area (Å²) in [6.45, 7) is 0. The van der Waals surface area contributed by atoms with Gasteiger partial charge < -0.3 is 5.73 Å². The van der Waals surface area contributed by atoms with Gasteiger partial charge in [0.2, 0.25) is 0 Å². The van der Waals surface area contributed by atoms with Gasteiger partial charge in [-0.25, -0.2) is 0 Å². The molecule has 28 heavy (non-hydrogen) atoms. The third-order valence-corrected chi connectivity index (χ3v) is 6.86. The van der Waals surface area contributed by atoms with E-state index in [-0.39, 0.29) is 0 Å². The molecular formula is C26H17NS. The molecule has 0 spiro atoms. The fourth-order valence-electron chi connectivity index (χ4n) is 4.22. The van der Waals surface area contributed by atoms with E-state index in [1.54, 1.807) is 0 Å². The highest BCUT2D eigenvalue weighted by Crippen LogP contribution is 2.41. The van der Waals surface area contributed by atoms with Crippen LogP contribution in [0.1, 0.15) is 0 Å². The van der Waals surface area contributed by atoms with Crippen LogP contribution in [0, 0.1) is 0 Å². The molecule has 0 unspecified atom stereocenters. The zero-order valence-electron chi connectivity index (χ0n) is 15.1. The summed E-state index contributed by atoms with van der Waals surface area (Å²) in [5.74, 6) is 0. The molecule has 1 aromatic heterocycles. The van der Waals surface area contributed by atoms with Gasteiger partial charge in [-0.1, -0.05) is 78.9 Å². The maximum Gasteiger partial charge on any atom is 0.0473 e. The van der Waals surface area contributed by atoms with Crippen LogP contribution >= 0.6 is 11.3 Å². The van der Waals surface area contributed by atoms with E-state index in [2.05, 4.69) is 84.9 Å². The number of fused-ring (bicyclic) bond motifs is 6. The summed E-state index contributed by atoms with van der Waals surface area (Å²) in [4.78, 5) is 0. The van der Waals surface area contributed by atoms with Gasteiger partial charge in [0.15, 0.2) is 0 Å². The fourth-order valence-corrected chi connectivity index (χ4v) is 5.44. The van der Waals surface area contributed by atoms with Crippen molar-refractivity contribution >= 4 is 58.7 Å². The van der Waals surface area contributed by atoms with Crippen LogP contribution in [0.25, 0.3) is 52.8 Å². The number of thiophene rings is 1. The first-order valence-corrected chi connectivity index (χ1v) is 10.2. The number of hydrogen-bond acceptors (Lipinski definition) is 2. The second-order valence-corrected chi connectivity index (χ2v) is 8.28. The van der Waals surface area contributed by atoms with Crippen molar-refractivity contribution in [3.63, 3.8) is 0 Å². The first kappa shape index (κ1) is 15.7. The monoisotopic (exact) mass is 375 g/mol. The molecule has 1 nitrogen and oxygen atoms in total. The molecule has 0 saturated carbocycles. The highest BCUT2D eigenvalue weighted by Gasteiger charge is 2.11. The molecule has 0 fully saturated rings. The lowest BCUT2D eigenvalue weighted by Crippen LogP contribution is -1.91. The number of benzene rings is 5. The Labute approximate surface area is 166 Å². The van der Waals surface area contributed by atoms with Crippen molar-refractivity contribution in [2.24, 2.45) is 0 Å². The Kier molecular flexibility index (Phi) is 3.26. The summed E-state index contributed by atoms with van der Waals surface area (Å²) in [6.07, 6.45) is 0. The Morgan fingerprint density at radius 1 is 0.571 bits per heavy atom. The molecule has 1 heterocycles. The smallest absolute Gasteiger partial charge is 0.0473 e. The van der Waals surface area contributed by atoms with Crippen LogP contribution in [0.2, 0.25) is 0 Å². The molecule has 5 aromatic carbocycles. The van der Waals surface area contributed by atoms with E-state index in [9.17, 15) is 0 Å². The van der Waals surface area contributed by atoms with Crippen molar-refractivity contribution in [3.05, 3.63) is 91.0 Å². The van der Waals surface area contributed by atoms with Crippen molar-refractivity contribution in [1.29, 1.82) is 0 Å². The van der Waals surface area contributed by atoms with Gasteiger partial charge in [-0.3, -0.25) is 0 Å². The van der Waals surface area contributed by atoms with E-state index < -0.39 is 0 Å². The van der Waals surface area contributed by atoms with Gasteiger partial charge in [-0.2, -0.15) is 0 Å². The minimum atomic E-state index is 0.849. The fraction of sp³-hybridized carbons (Fsp3) is 0. The van der Waals surface area contributed by atoms with Crippen molar-refractivity contribution in [3.8, 4) is 11.1 Å². The molecule has 2 N–H and O–H groups in total. The third kappa shape index (κ3) is 2.19. The number of anilines is 1. The topological polar surface area (TPSA) is 26.0 Å². The number of nitrogen functional groups attached to an aromatic ring is 1. The van der Waals surface area contributed by atoms with Crippen molar-refractivity contribution < 1.29 is 0 Å². The predicted molar refractivity (Wildman–Crippen MR) is 124 cm³/mol. The molecule has 0 bridgehead atoms. The van der Waals surface area contributed by atoms with Gasteiger partial charge in [0, 0.05) is 36.8 Å². The van der Waals surface area contributed by atoms with Crippen LogP contribution in [0.4, 0.5) is 5.69 Å². The Morgan fingerprint density at radius 3 is 2.14 bits per heavy atom. The first-order valence-electron chi connectivity index (χ1n) is 9.41. The van der Waals surface area contributed by atoms with Gasteiger partial charge >= 0.3 is 0 Å². The van der Waals surface area contributed by atoms with Crippen LogP contribution in [0.15, 0.2) is 91.0 Å². The quantitative estimate of drug-likeness (QED) is 0.294. The second-order valence-electron chi connectivity index (χ2n) is 7.22. The molecule has 0 amide bonds. The molecule has 6 rings (SSSR count). The summed E-state index contributed by atoms with van der Waals surface area (Å²) in [7, 11) is 0. The van der Waals surface area contributed by atoms with Gasteiger partial charge in [0.05, 0.1) is 0 Å². The maximum absolute atomic E-state index is 6.56. The summed E-state index contributed by atoms with van der Waals surface area (Å²) in [5.41, 5.74) is 9.68. The molecule has 0 atom stereocenters. The SMILES string of the molecule is Nc1c(-c2ccc3sc4c5ccccc5ccc4c3c2)ccc2ccccc12. The molecular weight excluding hydrogens is 358 g/mol. The Bertz CT molecular complexity index is 1520. The number of hydrogen-bond donors (Lipinski definition) is 1. The molecule has 0 aliphatic rings. The van der Waals surface area contributed by atoms with Gasteiger partial charge in [-0.05, 0) is 33.9 Å². The van der Waals surface area contributed by atoms with E-state index >= 15 is 0 Å². The first-order chi connectivity index (χ1) is 13.8. The maximum atomic E-state index is 6.56. The van der Waals surface area contributed by atoms with E-state index in [4.69, 9.17) is 5.73 Å². The van der Waals surface area contributed by atoms with Gasteiger partial charge in [0.25, 0.3) is 0 Å². The molecule has 0 saturated heterocycles. The highest BCUT2D eigenvalue weighted by atomic mass is 32.1. The number of rotatable bonds is 1. The van der Waals surface area contributed by atoms with E-state index in [0.29, 0.717) is 0 Å². The predicted octanol–water partition coefficient (Wildman–Crippen LogP) is 7.61. The summed E-state index contributed by atoms with van der Waals surface area (Å²) >= 11 is 1.87. The minimum absolute atomic E-state index is 0.849. The van der Waals surface area contributed by atoms with E-state index in [1.807, 2.05) is 17.4 Å². The molecule has 0 aliphatic carbocycles. The largest absolute Gasteiger partial charge is 0.398 e. The molecule has 0 radical (unpaired) electrons. The Morgan fingerprint density at radius 2 is 1.29 bits per heavy atom. The Balaban J connectivity index is 1.64. The van der Waals surface area contributed by atoms with E-state index in [0.717, 1.165) is 16.6 Å². The van der Waals surface area contributed by atoms with Crippen LogP contribution < -0.4 is 5.73 Å². The van der Waals surface area contributed by atoms with Crippen molar-refractivity contribution in [2.75, 3.05) is 5.73 Å². The van der Waals surface area contributed by atoms with Crippen molar-refractivity contribution in [1.82, 2.24) is 0 Å². The third-order valence-electron chi connectivity index (χ3n) is 5.64. The van der Waals surface area contributed by atoms with Gasteiger partial charge in [0.1, 0.15) is 0 Å². The normalized spacial score (nSPS) is 11.7. The number of nitrogens with two attached hydrogens (primary N) is 1. The lowest BCUT2D eigenvalue weighted by molar-refractivity contribution is 1.68. The van der Waals surface area contributed by atoms with E-state index in [1.165, 1.54) is 41.9 Å². The zero-order valence-corrected chi connectivity index (χ0v) is 16.0. The molecule has 0 aliphatic heterocycles. The van der Waals surface area contributed by atoms with Gasteiger partial charge in [-0.15, -0.1) is 11.3 Å². The minimum Gasteiger partial charge on any atom is -0.398 e. The molecule has 2 heteroatoms. The van der Waals surface area contributed by atoms with Crippen LogP contribution in [-0.2, 0) is 0 Å². The average Bonchev–Trinajstić information content (AvgIpc) is 3.13. The average molecular weight is 375 g/mol. The standard InChI is InChI=1S/C26H17NS/c27-25-19-7-3-1-5-16(19)9-12-20(25)18-11-14-24-23(15-18)22-13-10-17-6-2-4-8-21(17)26(22)28-24/h1-15H,27H2. The lowest BCUT2D eigenvalue weighted by atomic mass is 9.97. The Hall–Kier alpha value is -3.36. The molecule has 132 valence electrons. The lowest BCUT2D eigenvalue weighted by Gasteiger charge is -2.10. The molecule has 6 aromatic rings. The zero-order chi connectivity index (χ0) is 18.7. The summed E-state index contributed by atoms with van der Waals surface area (Å²) < 4.78 is 2.67. The summed E-state index contributed by atoms with van der Waals surface area (Å²) in [5, 5.41) is 7.53. The highest BCUT2D eigenvalue weighted by molar-refractivity contribution is 7.26.